The number of allylic oxidation sites excluding steroid dienone is 1. The molecule has 1 atom stereocenters. The van der Waals surface area contributed by atoms with Crippen LogP contribution in [0.15, 0.2) is 26.1 Å². The minimum Gasteiger partial charge on any atom is -0.492 e. The summed E-state index contributed by atoms with van der Waals surface area (Å²) in [5.41, 5.74) is 0.366. The van der Waals surface area contributed by atoms with Gasteiger partial charge >= 0.3 is 0 Å². The van der Waals surface area contributed by atoms with Gasteiger partial charge in [0.05, 0.1) is 21.7 Å². The normalized spacial score (nSPS) is 25.3. The highest BCUT2D eigenvalue weighted by atomic mass is 32.2. The Labute approximate surface area is 94.2 Å². The molecule has 0 fully saturated rings. The van der Waals surface area contributed by atoms with Crippen LogP contribution in [0.25, 0.3) is 0 Å². The number of nitrogens with zero attached hydrogens (tertiary/aromatic N) is 2. The lowest BCUT2D eigenvalue weighted by atomic mass is 10.3. The predicted octanol–water partition coefficient (Wildman–Crippen LogP) is 2.07. The number of thioether (sulfide) groups is 1. The van der Waals surface area contributed by atoms with Crippen LogP contribution in [0.5, 0.6) is 0 Å². The molecule has 0 amide bonds. The highest BCUT2D eigenvalue weighted by Crippen LogP contribution is 2.30. The Kier molecular flexibility index (Phi) is 3.83. The second-order valence-electron chi connectivity index (χ2n) is 2.86. The van der Waals surface area contributed by atoms with Crippen LogP contribution in [-0.4, -0.2) is 23.3 Å². The van der Waals surface area contributed by atoms with Crippen LogP contribution in [0.1, 0.15) is 6.92 Å². The van der Waals surface area contributed by atoms with Gasteiger partial charge in [0.1, 0.15) is 22.4 Å². The molecule has 0 saturated carbocycles. The maximum absolute atomic E-state index is 11.8. The monoisotopic (exact) mass is 244 g/mol. The van der Waals surface area contributed by atoms with Gasteiger partial charge in [-0.15, -0.1) is 11.8 Å². The molecule has 0 aliphatic carbocycles. The summed E-state index contributed by atoms with van der Waals surface area (Å²) < 4.78 is 21.1. The fourth-order valence-corrected chi connectivity index (χ4v) is 3.25. The molecule has 0 bridgehead atoms. The van der Waals surface area contributed by atoms with Gasteiger partial charge in [-0.05, 0) is 13.2 Å². The Hall–Kier alpha value is -0.930. The Morgan fingerprint density at radius 1 is 1.73 bits per heavy atom. The van der Waals surface area contributed by atoms with Gasteiger partial charge in [0.15, 0.2) is 0 Å². The van der Waals surface area contributed by atoms with E-state index >= 15 is 0 Å². The lowest BCUT2D eigenvalue weighted by Gasteiger charge is -2.14. The molecule has 82 valence electrons. The van der Waals surface area contributed by atoms with Gasteiger partial charge in [0, 0.05) is 6.26 Å². The van der Waals surface area contributed by atoms with Crippen molar-refractivity contribution in [3.05, 3.63) is 21.8 Å². The Balaban J connectivity index is 3.35. The molecule has 1 rings (SSSR count). The van der Waals surface area contributed by atoms with E-state index in [0.29, 0.717) is 23.0 Å². The van der Waals surface area contributed by atoms with E-state index < -0.39 is 9.73 Å². The van der Waals surface area contributed by atoms with E-state index in [-0.39, 0.29) is 0 Å². The van der Waals surface area contributed by atoms with Crippen LogP contribution in [-0.2, 0) is 14.5 Å². The molecule has 4 nitrogen and oxygen atoms in total. The van der Waals surface area contributed by atoms with Crippen LogP contribution in [0.4, 0.5) is 0 Å². The zero-order chi connectivity index (χ0) is 11.5. The van der Waals surface area contributed by atoms with E-state index in [9.17, 15) is 4.21 Å². The zero-order valence-electron chi connectivity index (χ0n) is 8.81. The largest absolute Gasteiger partial charge is 0.492 e. The van der Waals surface area contributed by atoms with Crippen LogP contribution >= 0.6 is 11.8 Å². The quantitative estimate of drug-likeness (QED) is 0.762. The Bertz CT molecular complexity index is 477. The van der Waals surface area contributed by atoms with Crippen LogP contribution < -0.4 is 0 Å². The van der Waals surface area contributed by atoms with Gasteiger partial charge in [0.2, 0.25) is 0 Å². The topological polar surface area (TPSA) is 62.4 Å². The summed E-state index contributed by atoms with van der Waals surface area (Å²) in [4.78, 5) is 0. The Morgan fingerprint density at radius 3 is 2.87 bits per heavy atom. The fraction of sp³-hybridized carbons (Fsp3) is 0.444. The first kappa shape index (κ1) is 12.1. The molecule has 0 saturated heterocycles. The number of ether oxygens (including phenoxy) is 1. The smallest absolute Gasteiger partial charge is 0.149 e. The molecule has 15 heavy (non-hydrogen) atoms. The molecule has 1 heterocycles. The van der Waals surface area contributed by atoms with E-state index in [1.165, 1.54) is 23.4 Å². The third-order valence-corrected chi connectivity index (χ3v) is 3.65. The summed E-state index contributed by atoms with van der Waals surface area (Å²) in [5.74, 6) is 0.381. The van der Waals surface area contributed by atoms with Gasteiger partial charge in [-0.1, -0.05) is 0 Å². The third-order valence-electron chi connectivity index (χ3n) is 1.66. The van der Waals surface area contributed by atoms with Crippen molar-refractivity contribution in [1.29, 1.82) is 5.26 Å². The van der Waals surface area contributed by atoms with Crippen molar-refractivity contribution in [2.24, 2.45) is 4.36 Å². The first-order valence-corrected chi connectivity index (χ1v) is 7.50. The van der Waals surface area contributed by atoms with Gasteiger partial charge < -0.3 is 4.74 Å². The molecule has 1 aliphatic rings. The van der Waals surface area contributed by atoms with Crippen LogP contribution in [0.3, 0.4) is 0 Å². The first-order chi connectivity index (χ1) is 7.04. The maximum atomic E-state index is 11.8. The first-order valence-electron chi connectivity index (χ1n) is 4.29. The van der Waals surface area contributed by atoms with Crippen molar-refractivity contribution in [3.63, 3.8) is 0 Å². The summed E-state index contributed by atoms with van der Waals surface area (Å²) >= 11 is 1.30. The molecule has 0 aromatic heterocycles. The third kappa shape index (κ3) is 2.76. The summed E-state index contributed by atoms with van der Waals surface area (Å²) in [6, 6.07) is 2.02. The zero-order valence-corrected chi connectivity index (χ0v) is 10.4. The Morgan fingerprint density at radius 2 is 2.40 bits per heavy atom. The van der Waals surface area contributed by atoms with Crippen molar-refractivity contribution in [1.82, 2.24) is 0 Å². The van der Waals surface area contributed by atoms with Gasteiger partial charge in [-0.3, -0.25) is 0 Å². The summed E-state index contributed by atoms with van der Waals surface area (Å²) in [6.07, 6.45) is 3.32. The van der Waals surface area contributed by atoms with Crippen molar-refractivity contribution in [3.8, 4) is 6.07 Å². The van der Waals surface area contributed by atoms with Gasteiger partial charge in [0.25, 0.3) is 0 Å². The highest BCUT2D eigenvalue weighted by Gasteiger charge is 2.19. The summed E-state index contributed by atoms with van der Waals surface area (Å²) in [5, 5.41) is 10.9. The van der Waals surface area contributed by atoms with E-state index in [4.69, 9.17) is 10.00 Å². The summed E-state index contributed by atoms with van der Waals surface area (Å²) in [6.45, 7) is 2.26. The van der Waals surface area contributed by atoms with Crippen molar-refractivity contribution in [2.75, 3.05) is 19.1 Å². The van der Waals surface area contributed by atoms with Crippen molar-refractivity contribution in [2.45, 2.75) is 6.92 Å². The molecule has 1 aliphatic heterocycles. The number of rotatable bonds is 3. The molecular formula is C9H12N2O2S2. The predicted molar refractivity (Wildman–Crippen MR) is 62.4 cm³/mol. The van der Waals surface area contributed by atoms with Crippen molar-refractivity contribution < 1.29 is 8.95 Å². The van der Waals surface area contributed by atoms with Crippen molar-refractivity contribution >= 4 is 21.5 Å². The van der Waals surface area contributed by atoms with Crippen LogP contribution in [0.2, 0.25) is 0 Å². The molecule has 0 spiro atoms. The van der Waals surface area contributed by atoms with Crippen LogP contribution in [0, 0.1) is 11.3 Å². The van der Waals surface area contributed by atoms with Gasteiger partial charge in [-0.25, -0.2) is 4.21 Å². The van der Waals surface area contributed by atoms with E-state index in [2.05, 4.69) is 4.36 Å². The SMILES string of the molecule is CCOC1=CS(C)(=O)=NC(SC)=C1C#N. The highest BCUT2D eigenvalue weighted by molar-refractivity contribution is 8.03. The maximum Gasteiger partial charge on any atom is 0.149 e. The van der Waals surface area contributed by atoms with E-state index in [0.717, 1.165) is 0 Å². The fourth-order valence-electron chi connectivity index (χ4n) is 1.10. The molecule has 0 radical (unpaired) electrons. The molecule has 0 N–H and O–H groups in total. The molecule has 6 heteroatoms. The minimum absolute atomic E-state index is 0.366. The number of nitriles is 1. The van der Waals surface area contributed by atoms with E-state index in [1.807, 2.05) is 13.0 Å². The summed E-state index contributed by atoms with van der Waals surface area (Å²) in [7, 11) is -2.40. The average molecular weight is 244 g/mol. The second-order valence-corrected chi connectivity index (χ2v) is 5.80. The molecule has 0 aromatic carbocycles. The lowest BCUT2D eigenvalue weighted by molar-refractivity contribution is 0.240. The number of hydrogen-bond acceptors (Lipinski definition) is 5. The minimum atomic E-state index is -2.40. The van der Waals surface area contributed by atoms with E-state index in [1.54, 1.807) is 6.26 Å². The molecular weight excluding hydrogens is 232 g/mol. The number of hydrogen-bond donors (Lipinski definition) is 0. The second kappa shape index (κ2) is 4.73. The molecule has 1 unspecified atom stereocenters. The average Bonchev–Trinajstić information content (AvgIpc) is 2.16. The lowest BCUT2D eigenvalue weighted by Crippen LogP contribution is -2.06. The standard InChI is InChI=1S/C9H12N2O2S2/c1-4-13-8-6-15(3,12)11-9(14-2)7(8)5-10/h6H,4H2,1-3H3. The molecule has 0 aromatic rings. The van der Waals surface area contributed by atoms with Gasteiger partial charge in [-0.2, -0.15) is 9.62 Å².